The molecule has 0 bridgehead atoms. The maximum Gasteiger partial charge on any atom is 0.240 e. The van der Waals surface area contributed by atoms with E-state index in [1.54, 1.807) is 23.7 Å². The Kier molecular flexibility index (Phi) is 8.95. The van der Waals surface area contributed by atoms with Crippen molar-refractivity contribution in [3.8, 4) is 0 Å². The minimum Gasteiger partial charge on any atom is -0.340 e. The summed E-state index contributed by atoms with van der Waals surface area (Å²) in [6, 6.07) is 16.3. The first-order chi connectivity index (χ1) is 13.8. The molecule has 1 amide bonds. The molecular formula is C22H28N2O3S2. The van der Waals surface area contributed by atoms with Crippen LogP contribution in [0.5, 0.6) is 0 Å². The van der Waals surface area contributed by atoms with Gasteiger partial charge in [0, 0.05) is 19.0 Å². The van der Waals surface area contributed by atoms with Gasteiger partial charge in [-0.3, -0.25) is 4.79 Å². The molecule has 0 aliphatic heterocycles. The minimum atomic E-state index is -3.75. The van der Waals surface area contributed by atoms with E-state index in [2.05, 4.69) is 4.72 Å². The van der Waals surface area contributed by atoms with Crippen LogP contribution in [-0.4, -0.2) is 44.3 Å². The van der Waals surface area contributed by atoms with E-state index >= 15 is 0 Å². The number of hydrogen-bond acceptors (Lipinski definition) is 4. The van der Waals surface area contributed by atoms with E-state index in [9.17, 15) is 13.2 Å². The summed E-state index contributed by atoms with van der Waals surface area (Å²) < 4.78 is 27.6. The highest BCUT2D eigenvalue weighted by molar-refractivity contribution is 7.98. The van der Waals surface area contributed by atoms with Gasteiger partial charge in [-0.15, -0.1) is 0 Å². The Morgan fingerprint density at radius 2 is 1.79 bits per heavy atom. The van der Waals surface area contributed by atoms with Gasteiger partial charge in [0.15, 0.2) is 0 Å². The third-order valence-corrected chi connectivity index (χ3v) is 6.12. The van der Waals surface area contributed by atoms with Crippen LogP contribution in [0.1, 0.15) is 23.1 Å². The molecule has 2 aromatic rings. The summed E-state index contributed by atoms with van der Waals surface area (Å²) in [5.74, 6) is 0.441. The third kappa shape index (κ3) is 8.04. The van der Waals surface area contributed by atoms with E-state index in [1.807, 2.05) is 67.8 Å². The van der Waals surface area contributed by atoms with Crippen LogP contribution < -0.4 is 4.72 Å². The third-order valence-electron chi connectivity index (χ3n) is 4.37. The van der Waals surface area contributed by atoms with E-state index in [4.69, 9.17) is 0 Å². The van der Waals surface area contributed by atoms with Crippen LogP contribution in [-0.2, 0) is 21.4 Å². The maximum atomic E-state index is 12.9. The summed E-state index contributed by atoms with van der Waals surface area (Å²) in [7, 11) is -2.06. The van der Waals surface area contributed by atoms with Crippen LogP contribution in [0.3, 0.4) is 0 Å². The number of carbonyl (C=O) groups excluding carboxylic acids is 1. The monoisotopic (exact) mass is 432 g/mol. The number of hydrogen-bond donors (Lipinski definition) is 1. The Labute approximate surface area is 178 Å². The summed E-state index contributed by atoms with van der Waals surface area (Å²) >= 11 is 1.58. The van der Waals surface area contributed by atoms with Crippen molar-refractivity contribution >= 4 is 33.8 Å². The van der Waals surface area contributed by atoms with Gasteiger partial charge in [-0.2, -0.15) is 16.5 Å². The van der Waals surface area contributed by atoms with Crippen molar-refractivity contribution < 1.29 is 13.2 Å². The first-order valence-electron chi connectivity index (χ1n) is 9.35. The van der Waals surface area contributed by atoms with E-state index < -0.39 is 16.1 Å². The summed E-state index contributed by atoms with van der Waals surface area (Å²) in [5.41, 5.74) is 2.93. The Morgan fingerprint density at radius 3 is 2.41 bits per heavy atom. The maximum absolute atomic E-state index is 12.9. The molecule has 7 heteroatoms. The number of nitrogens with one attached hydrogen (secondary N) is 1. The van der Waals surface area contributed by atoms with Crippen molar-refractivity contribution in [1.82, 2.24) is 9.62 Å². The molecule has 0 fully saturated rings. The molecular weight excluding hydrogens is 404 g/mol. The van der Waals surface area contributed by atoms with Gasteiger partial charge in [-0.25, -0.2) is 8.42 Å². The number of carbonyl (C=O) groups is 1. The zero-order valence-electron chi connectivity index (χ0n) is 17.0. The van der Waals surface area contributed by atoms with Gasteiger partial charge in [0.2, 0.25) is 15.9 Å². The van der Waals surface area contributed by atoms with Crippen LogP contribution >= 0.6 is 11.8 Å². The average Bonchev–Trinajstić information content (AvgIpc) is 2.71. The number of aryl methyl sites for hydroxylation is 1. The Bertz CT molecular complexity index is 911. The van der Waals surface area contributed by atoms with Gasteiger partial charge in [0.1, 0.15) is 6.04 Å². The number of sulfonamides is 1. The lowest BCUT2D eigenvalue weighted by Crippen LogP contribution is -2.46. The van der Waals surface area contributed by atoms with Gasteiger partial charge >= 0.3 is 0 Å². The number of amides is 1. The molecule has 5 nitrogen and oxygen atoms in total. The molecule has 0 heterocycles. The smallest absolute Gasteiger partial charge is 0.240 e. The second kappa shape index (κ2) is 11.2. The van der Waals surface area contributed by atoms with E-state index in [0.29, 0.717) is 18.7 Å². The molecule has 0 aromatic heterocycles. The predicted molar refractivity (Wildman–Crippen MR) is 122 cm³/mol. The summed E-state index contributed by atoms with van der Waals surface area (Å²) in [6.45, 7) is 2.44. The predicted octanol–water partition coefficient (Wildman–Crippen LogP) is 3.67. The molecule has 2 rings (SSSR count). The quantitative estimate of drug-likeness (QED) is 0.622. The fraction of sp³-hybridized carbons (Fsp3) is 0.318. The molecule has 0 saturated heterocycles. The van der Waals surface area contributed by atoms with Crippen molar-refractivity contribution in [3.63, 3.8) is 0 Å². The highest BCUT2D eigenvalue weighted by Gasteiger charge is 2.25. The zero-order chi connectivity index (χ0) is 21.3. The highest BCUT2D eigenvalue weighted by atomic mass is 32.2. The fourth-order valence-electron chi connectivity index (χ4n) is 2.75. The van der Waals surface area contributed by atoms with Crippen LogP contribution in [0.25, 0.3) is 6.08 Å². The SMILES string of the molecule is CSCCC(NS(=O)(=O)/C=C/c1ccccc1)C(=O)N(C)Cc1ccc(C)cc1. The van der Waals surface area contributed by atoms with E-state index in [0.717, 1.165) is 22.1 Å². The fourth-order valence-corrected chi connectivity index (χ4v) is 4.25. The second-order valence-corrected chi connectivity index (χ2v) is 9.47. The molecule has 29 heavy (non-hydrogen) atoms. The molecule has 1 atom stereocenters. The van der Waals surface area contributed by atoms with Gasteiger partial charge in [0.25, 0.3) is 0 Å². The van der Waals surface area contributed by atoms with Crippen LogP contribution in [0.15, 0.2) is 60.0 Å². The molecule has 0 aliphatic carbocycles. The van der Waals surface area contributed by atoms with Crippen LogP contribution in [0.2, 0.25) is 0 Å². The van der Waals surface area contributed by atoms with Gasteiger partial charge in [0.05, 0.1) is 0 Å². The highest BCUT2D eigenvalue weighted by Crippen LogP contribution is 2.11. The topological polar surface area (TPSA) is 66.5 Å². The summed E-state index contributed by atoms with van der Waals surface area (Å²) in [5, 5.41) is 1.11. The molecule has 2 aromatic carbocycles. The lowest BCUT2D eigenvalue weighted by Gasteiger charge is -2.24. The van der Waals surface area contributed by atoms with Crippen molar-refractivity contribution in [3.05, 3.63) is 76.7 Å². The number of rotatable bonds is 10. The molecule has 0 radical (unpaired) electrons. The molecule has 156 valence electrons. The normalized spacial score (nSPS) is 12.8. The average molecular weight is 433 g/mol. The lowest BCUT2D eigenvalue weighted by atomic mass is 10.1. The largest absolute Gasteiger partial charge is 0.340 e. The molecule has 1 unspecified atom stereocenters. The second-order valence-electron chi connectivity index (χ2n) is 6.89. The Morgan fingerprint density at radius 1 is 1.14 bits per heavy atom. The lowest BCUT2D eigenvalue weighted by molar-refractivity contribution is -0.132. The number of benzene rings is 2. The van der Waals surface area contributed by atoms with E-state index in [-0.39, 0.29) is 5.91 Å². The number of nitrogens with zero attached hydrogens (tertiary/aromatic N) is 1. The molecule has 0 saturated carbocycles. The van der Waals surface area contributed by atoms with Crippen LogP contribution in [0, 0.1) is 6.92 Å². The Balaban J connectivity index is 2.09. The van der Waals surface area contributed by atoms with Crippen molar-refractivity contribution in [2.75, 3.05) is 19.1 Å². The first kappa shape index (κ1) is 23.2. The van der Waals surface area contributed by atoms with E-state index in [1.165, 1.54) is 6.08 Å². The van der Waals surface area contributed by atoms with Crippen LogP contribution in [0.4, 0.5) is 0 Å². The first-order valence-corrected chi connectivity index (χ1v) is 12.3. The molecule has 0 aliphatic rings. The number of likely N-dealkylation sites (N-methyl/N-ethyl adjacent to an activating group) is 1. The van der Waals surface area contributed by atoms with Crippen molar-refractivity contribution in [2.45, 2.75) is 25.9 Å². The minimum absolute atomic E-state index is 0.240. The number of thioether (sulfide) groups is 1. The Hall–Kier alpha value is -2.09. The van der Waals surface area contributed by atoms with Crippen molar-refractivity contribution in [1.29, 1.82) is 0 Å². The van der Waals surface area contributed by atoms with Gasteiger partial charge in [-0.05, 0) is 42.6 Å². The van der Waals surface area contributed by atoms with Gasteiger partial charge < -0.3 is 4.90 Å². The summed E-state index contributed by atoms with van der Waals surface area (Å²) in [6.07, 6.45) is 3.88. The summed E-state index contributed by atoms with van der Waals surface area (Å²) in [4.78, 5) is 14.5. The van der Waals surface area contributed by atoms with Crippen molar-refractivity contribution in [2.24, 2.45) is 0 Å². The molecule has 0 spiro atoms. The zero-order valence-corrected chi connectivity index (χ0v) is 18.7. The standard InChI is InChI=1S/C22H28N2O3S2/c1-18-9-11-20(12-10-18)17-24(2)22(25)21(13-15-28-3)23-29(26,27)16-14-19-7-5-4-6-8-19/h4-12,14,16,21,23H,13,15,17H2,1-3H3/b16-14+. The molecule has 1 N–H and O–H groups in total. The van der Waals surface area contributed by atoms with Gasteiger partial charge in [-0.1, -0.05) is 60.2 Å².